The Bertz CT molecular complexity index is 1330. The standard InChI is InChI=1S/C28H23N3OS/c1-19-11-13-22(14-12-19)26-16-24(21-8-4-3-5-9-21)25(17-29)28(31-26)33-18-27(32)30-23-10-6-7-20(2)15-23/h3-16H,18H2,1-2H3,(H,30,32). The summed E-state index contributed by atoms with van der Waals surface area (Å²) in [6.07, 6.45) is 0. The van der Waals surface area contributed by atoms with E-state index in [0.29, 0.717) is 10.6 Å². The summed E-state index contributed by atoms with van der Waals surface area (Å²) in [7, 11) is 0. The molecule has 33 heavy (non-hydrogen) atoms. The van der Waals surface area contributed by atoms with Crippen LogP contribution in [0.15, 0.2) is 90.0 Å². The van der Waals surface area contributed by atoms with Gasteiger partial charge in [0.2, 0.25) is 5.91 Å². The smallest absolute Gasteiger partial charge is 0.234 e. The Hall–Kier alpha value is -3.88. The number of carbonyl (C=O) groups is 1. The highest BCUT2D eigenvalue weighted by Gasteiger charge is 2.17. The molecule has 1 N–H and O–H groups in total. The van der Waals surface area contributed by atoms with Gasteiger partial charge in [0.15, 0.2) is 0 Å². The topological polar surface area (TPSA) is 65.8 Å². The van der Waals surface area contributed by atoms with Crippen LogP contribution in [0, 0.1) is 25.2 Å². The van der Waals surface area contributed by atoms with E-state index in [1.165, 1.54) is 11.8 Å². The predicted octanol–water partition coefficient (Wildman–Crippen LogP) is 6.63. The number of nitriles is 1. The molecule has 3 aromatic carbocycles. The van der Waals surface area contributed by atoms with Crippen LogP contribution in [-0.2, 0) is 4.79 Å². The highest BCUT2D eigenvalue weighted by molar-refractivity contribution is 8.00. The van der Waals surface area contributed by atoms with Crippen molar-refractivity contribution in [1.29, 1.82) is 5.26 Å². The molecule has 4 nitrogen and oxygen atoms in total. The zero-order valence-corrected chi connectivity index (χ0v) is 19.3. The number of pyridine rings is 1. The molecule has 0 atom stereocenters. The number of hydrogen-bond donors (Lipinski definition) is 1. The first-order chi connectivity index (χ1) is 16.0. The van der Waals surface area contributed by atoms with Crippen LogP contribution >= 0.6 is 11.8 Å². The molecule has 4 aromatic rings. The molecular weight excluding hydrogens is 426 g/mol. The van der Waals surface area contributed by atoms with Crippen molar-refractivity contribution in [3.63, 3.8) is 0 Å². The van der Waals surface area contributed by atoms with Crippen LogP contribution in [0.1, 0.15) is 16.7 Å². The Balaban J connectivity index is 1.68. The third kappa shape index (κ3) is 5.49. The molecule has 1 amide bonds. The number of carbonyl (C=O) groups excluding carboxylic acids is 1. The van der Waals surface area contributed by atoms with Crippen LogP contribution in [0.5, 0.6) is 0 Å². The summed E-state index contributed by atoms with van der Waals surface area (Å²) in [4.78, 5) is 17.4. The second-order valence-electron chi connectivity index (χ2n) is 7.79. The summed E-state index contributed by atoms with van der Waals surface area (Å²) in [5, 5.41) is 13.5. The first-order valence-corrected chi connectivity index (χ1v) is 11.6. The first kappa shape index (κ1) is 22.3. The molecule has 0 unspecified atom stereocenters. The Morgan fingerprint density at radius 1 is 0.909 bits per heavy atom. The van der Waals surface area contributed by atoms with Gasteiger partial charge in [-0.25, -0.2) is 4.98 Å². The summed E-state index contributed by atoms with van der Waals surface area (Å²) in [5.74, 6) is 0.0135. The molecule has 0 saturated carbocycles. The van der Waals surface area contributed by atoms with Gasteiger partial charge >= 0.3 is 0 Å². The Labute approximate surface area is 198 Å². The van der Waals surface area contributed by atoms with Gasteiger partial charge in [-0.3, -0.25) is 4.79 Å². The van der Waals surface area contributed by atoms with Crippen LogP contribution < -0.4 is 5.32 Å². The third-order valence-electron chi connectivity index (χ3n) is 5.17. The molecule has 0 saturated heterocycles. The molecule has 0 bridgehead atoms. The van der Waals surface area contributed by atoms with Gasteiger partial charge in [0, 0.05) is 16.8 Å². The zero-order valence-electron chi connectivity index (χ0n) is 18.5. The fourth-order valence-electron chi connectivity index (χ4n) is 3.51. The van der Waals surface area contributed by atoms with E-state index in [1.807, 2.05) is 98.8 Å². The lowest BCUT2D eigenvalue weighted by molar-refractivity contribution is -0.113. The summed E-state index contributed by atoms with van der Waals surface area (Å²) in [6, 6.07) is 29.9. The number of benzene rings is 3. The third-order valence-corrected chi connectivity index (χ3v) is 6.15. The van der Waals surface area contributed by atoms with Gasteiger partial charge < -0.3 is 5.32 Å². The summed E-state index contributed by atoms with van der Waals surface area (Å²) < 4.78 is 0. The minimum atomic E-state index is -0.140. The van der Waals surface area contributed by atoms with Gasteiger partial charge in [0.05, 0.1) is 17.0 Å². The molecule has 4 rings (SSSR count). The van der Waals surface area contributed by atoms with Gasteiger partial charge in [-0.1, -0.05) is 84.1 Å². The molecule has 1 aromatic heterocycles. The number of nitrogens with one attached hydrogen (secondary N) is 1. The lowest BCUT2D eigenvalue weighted by Crippen LogP contribution is -2.14. The van der Waals surface area contributed by atoms with E-state index in [9.17, 15) is 10.1 Å². The van der Waals surface area contributed by atoms with Crippen molar-refractivity contribution in [2.24, 2.45) is 0 Å². The van der Waals surface area contributed by atoms with Gasteiger partial charge in [-0.2, -0.15) is 5.26 Å². The predicted molar refractivity (Wildman–Crippen MR) is 135 cm³/mol. The van der Waals surface area contributed by atoms with E-state index in [1.54, 1.807) is 0 Å². The summed E-state index contributed by atoms with van der Waals surface area (Å²) in [6.45, 7) is 4.02. The van der Waals surface area contributed by atoms with Crippen molar-refractivity contribution < 1.29 is 4.79 Å². The van der Waals surface area contributed by atoms with Crippen molar-refractivity contribution in [2.75, 3.05) is 11.1 Å². The Morgan fingerprint density at radius 3 is 2.36 bits per heavy atom. The molecule has 0 aliphatic heterocycles. The first-order valence-electron chi connectivity index (χ1n) is 10.6. The monoisotopic (exact) mass is 449 g/mol. The Kier molecular flexibility index (Phi) is 6.87. The van der Waals surface area contributed by atoms with Crippen LogP contribution in [0.25, 0.3) is 22.4 Å². The highest BCUT2D eigenvalue weighted by atomic mass is 32.2. The average Bonchev–Trinajstić information content (AvgIpc) is 2.83. The average molecular weight is 450 g/mol. The van der Waals surface area contributed by atoms with Gasteiger partial charge in [-0.05, 0) is 43.2 Å². The van der Waals surface area contributed by atoms with E-state index < -0.39 is 0 Å². The van der Waals surface area contributed by atoms with Crippen LogP contribution in [0.3, 0.4) is 0 Å². The number of thioether (sulfide) groups is 1. The maximum absolute atomic E-state index is 12.6. The molecule has 0 aliphatic rings. The van der Waals surface area contributed by atoms with Gasteiger partial charge in [0.1, 0.15) is 11.1 Å². The maximum atomic E-state index is 12.6. The van der Waals surface area contributed by atoms with Crippen LogP contribution in [0.4, 0.5) is 5.69 Å². The number of aryl methyl sites for hydroxylation is 2. The largest absolute Gasteiger partial charge is 0.325 e. The quantitative estimate of drug-likeness (QED) is 0.335. The second-order valence-corrected chi connectivity index (χ2v) is 8.75. The Morgan fingerprint density at radius 2 is 1.67 bits per heavy atom. The number of rotatable bonds is 6. The molecule has 162 valence electrons. The maximum Gasteiger partial charge on any atom is 0.234 e. The molecule has 0 fully saturated rings. The van der Waals surface area contributed by atoms with Crippen LogP contribution in [-0.4, -0.2) is 16.6 Å². The molecule has 1 heterocycles. The number of hydrogen-bond acceptors (Lipinski definition) is 4. The summed E-state index contributed by atoms with van der Waals surface area (Å²) in [5.41, 5.74) is 6.96. The van der Waals surface area contributed by atoms with E-state index in [2.05, 4.69) is 11.4 Å². The summed E-state index contributed by atoms with van der Waals surface area (Å²) >= 11 is 1.28. The molecule has 0 radical (unpaired) electrons. The van der Waals surface area contributed by atoms with Gasteiger partial charge in [0.25, 0.3) is 0 Å². The molecular formula is C28H23N3OS. The zero-order chi connectivity index (χ0) is 23.2. The van der Waals surface area contributed by atoms with Gasteiger partial charge in [-0.15, -0.1) is 0 Å². The van der Waals surface area contributed by atoms with E-state index in [-0.39, 0.29) is 11.7 Å². The minimum Gasteiger partial charge on any atom is -0.325 e. The van der Waals surface area contributed by atoms with E-state index >= 15 is 0 Å². The fourth-order valence-corrected chi connectivity index (χ4v) is 4.31. The molecule has 0 aliphatic carbocycles. The number of amides is 1. The normalized spacial score (nSPS) is 10.5. The van der Waals surface area contributed by atoms with Crippen molar-refractivity contribution >= 4 is 23.4 Å². The SMILES string of the molecule is Cc1ccc(-c2cc(-c3ccccc3)c(C#N)c(SCC(=O)Nc3cccc(C)c3)n2)cc1. The molecule has 5 heteroatoms. The van der Waals surface area contributed by atoms with E-state index in [0.717, 1.165) is 39.2 Å². The van der Waals surface area contributed by atoms with Crippen molar-refractivity contribution in [3.8, 4) is 28.5 Å². The number of anilines is 1. The lowest BCUT2D eigenvalue weighted by Gasteiger charge is -2.13. The van der Waals surface area contributed by atoms with Crippen molar-refractivity contribution in [2.45, 2.75) is 18.9 Å². The highest BCUT2D eigenvalue weighted by Crippen LogP contribution is 2.34. The second kappa shape index (κ2) is 10.2. The number of aromatic nitrogens is 1. The van der Waals surface area contributed by atoms with Crippen molar-refractivity contribution in [1.82, 2.24) is 4.98 Å². The fraction of sp³-hybridized carbons (Fsp3) is 0.107. The lowest BCUT2D eigenvalue weighted by atomic mass is 9.99. The van der Waals surface area contributed by atoms with Crippen LogP contribution in [0.2, 0.25) is 0 Å². The van der Waals surface area contributed by atoms with Crippen molar-refractivity contribution in [3.05, 3.63) is 102 Å². The molecule has 0 spiro atoms. The van der Waals surface area contributed by atoms with E-state index in [4.69, 9.17) is 4.98 Å². The minimum absolute atomic E-state index is 0.140. The number of nitrogens with zero attached hydrogens (tertiary/aromatic N) is 2.